The first-order valence-electron chi connectivity index (χ1n) is 36.0. The van der Waals surface area contributed by atoms with Crippen LogP contribution >= 0.6 is 0 Å². The van der Waals surface area contributed by atoms with Gasteiger partial charge in [0, 0.05) is 5.41 Å². The van der Waals surface area contributed by atoms with Crippen LogP contribution in [-0.2, 0) is 71.1 Å². The predicted octanol–water partition coefficient (Wildman–Crippen LogP) is -7.04. The van der Waals surface area contributed by atoms with Crippen LogP contribution in [0.4, 0.5) is 0 Å². The molecule has 0 amide bonds. The second-order valence-electron chi connectivity index (χ2n) is 33.1. The first kappa shape index (κ1) is 80.4. The fourth-order valence-corrected chi connectivity index (χ4v) is 20.0. The third-order valence-corrected chi connectivity index (χ3v) is 26.3. The van der Waals surface area contributed by atoms with E-state index in [9.17, 15) is 102 Å². The van der Waals surface area contributed by atoms with Gasteiger partial charge in [-0.15, -0.1) is 0 Å². The van der Waals surface area contributed by atoms with Crippen molar-refractivity contribution < 1.29 is 173 Å². The van der Waals surface area contributed by atoms with E-state index in [1.165, 1.54) is 13.8 Å². The zero-order valence-corrected chi connectivity index (χ0v) is 59.0. The molecule has 41 atom stereocenters. The number of rotatable bonds is 17. The fraction of sp³-hybridized carbons (Fsp3) is 0.956. The molecule has 0 aromatic rings. The summed E-state index contributed by atoms with van der Waals surface area (Å²) in [7, 11) is 0. The summed E-state index contributed by atoms with van der Waals surface area (Å²) in [4.78, 5) is 15.8. The molecule has 12 rings (SSSR count). The van der Waals surface area contributed by atoms with Crippen LogP contribution in [0, 0.1) is 50.2 Å². The maximum atomic E-state index is 15.8. The summed E-state index contributed by atoms with van der Waals surface area (Å²) in [5, 5.41) is 224. The van der Waals surface area contributed by atoms with Gasteiger partial charge >= 0.3 is 5.97 Å². The first-order valence-corrected chi connectivity index (χ1v) is 36.0. The summed E-state index contributed by atoms with van der Waals surface area (Å²) in [5.41, 5.74) is -6.94. The average molecular weight is 1490 g/mol. The monoisotopic (exact) mass is 1490 g/mol. The molecule has 20 N–H and O–H groups in total. The number of hydrogen-bond acceptors (Lipinski definition) is 35. The largest absolute Gasteiger partial charge is 0.432 e. The molecule has 5 aliphatic carbocycles. The highest BCUT2D eigenvalue weighted by atomic mass is 16.8. The van der Waals surface area contributed by atoms with Crippen molar-refractivity contribution in [3.63, 3.8) is 0 Å². The van der Waals surface area contributed by atoms with Gasteiger partial charge in [0.2, 0.25) is 6.29 Å². The SMILES string of the molecule is CC1OC(OC2C(O)COC(OC3C(C)OC(OC4C(OC(=O)C56CCC(C)(C)CC5C5=CCC7C8(C)CC(O)C(OC9OC(CO)C(O)C(OC%10OCC(O)C(O)C%10O)C9O)C(C)(CO)C8CCC7(C)C5(C)CC6O)OCC(O)C4O)C(O)C3OC3OCC(O)(CO)C3O)C2O)C(O)C(O)C1O. The molecule has 35 nitrogen and oxygen atoms in total. The Morgan fingerprint density at radius 1 is 0.495 bits per heavy atom. The molecular formula is C68H110O35. The molecule has 41 unspecified atom stereocenters. The summed E-state index contributed by atoms with van der Waals surface area (Å²) in [5.74, 6) is -2.22. The molecule has 12 aliphatic rings. The third kappa shape index (κ3) is 13.6. The molecule has 7 aliphatic heterocycles. The van der Waals surface area contributed by atoms with Gasteiger partial charge in [0.1, 0.15) is 127 Å². The molecule has 11 fully saturated rings. The Bertz CT molecular complexity index is 2960. The molecule has 0 radical (unpaired) electrons. The van der Waals surface area contributed by atoms with Crippen molar-refractivity contribution in [1.82, 2.24) is 0 Å². The van der Waals surface area contributed by atoms with Crippen LogP contribution in [0.3, 0.4) is 0 Å². The van der Waals surface area contributed by atoms with Crippen molar-refractivity contribution >= 4 is 5.97 Å². The Morgan fingerprint density at radius 2 is 1.06 bits per heavy atom. The van der Waals surface area contributed by atoms with Gasteiger partial charge in [-0.1, -0.05) is 53.2 Å². The van der Waals surface area contributed by atoms with Crippen LogP contribution in [0.2, 0.25) is 0 Å². The number of aliphatic hydroxyl groups is 20. The van der Waals surface area contributed by atoms with Gasteiger partial charge in [-0.25, -0.2) is 0 Å². The number of hydrogen-bond donors (Lipinski definition) is 20. The van der Waals surface area contributed by atoms with E-state index < -0.39 is 293 Å². The lowest BCUT2D eigenvalue weighted by molar-refractivity contribution is -0.387. The van der Waals surface area contributed by atoms with Crippen molar-refractivity contribution in [2.75, 3.05) is 46.2 Å². The lowest BCUT2D eigenvalue weighted by atomic mass is 9.33. The van der Waals surface area contributed by atoms with Crippen molar-refractivity contribution in [3.8, 4) is 0 Å². The minimum absolute atomic E-state index is 0.0425. The molecule has 0 bridgehead atoms. The van der Waals surface area contributed by atoms with Gasteiger partial charge in [-0.05, 0) is 105 Å². The van der Waals surface area contributed by atoms with Crippen molar-refractivity contribution in [3.05, 3.63) is 11.6 Å². The van der Waals surface area contributed by atoms with E-state index in [1.54, 1.807) is 6.92 Å². The van der Waals surface area contributed by atoms with E-state index in [2.05, 4.69) is 40.7 Å². The summed E-state index contributed by atoms with van der Waals surface area (Å²) in [6.45, 7) is 10.5. The van der Waals surface area contributed by atoms with Gasteiger partial charge in [0.05, 0.1) is 76.8 Å². The molecule has 103 heavy (non-hydrogen) atoms. The van der Waals surface area contributed by atoms with Gasteiger partial charge in [-0.2, -0.15) is 0 Å². The standard InChI is InChI=1S/C68H110O35/c1-25-37(77)41(81)43(83)56(94-25)98-48-32(75)21-91-55(44(48)84)97-47-26(2)95-57(46(86)50(47)100-60-52(87)67(89,23-71)24-93-60)101-51-39(79)31(74)20-92-59(51)103-61(88)68-14-13-62(3,4)15-28(68)27-9-10-35-63(5)16-29(72)53(64(6,22-70)34(63)11-12-65(35,7)66(27,8)17-36(68)76)102-58-45(85)49(40(80)33(18-69)96-58)99-54-42(82)38(78)30(73)19-90-54/h9,25-26,28-60,69-87,89H,10-24H2,1-8H3. The summed E-state index contributed by atoms with van der Waals surface area (Å²) in [6, 6.07) is 0. The molecule has 592 valence electrons. The van der Waals surface area contributed by atoms with Crippen LogP contribution in [-0.4, -0.2) is 357 Å². The molecule has 0 aromatic carbocycles. The third-order valence-electron chi connectivity index (χ3n) is 26.3. The van der Waals surface area contributed by atoms with E-state index >= 15 is 4.79 Å². The van der Waals surface area contributed by atoms with Gasteiger partial charge in [0.25, 0.3) is 0 Å². The number of carbonyl (C=O) groups excluding carboxylic acids is 1. The van der Waals surface area contributed by atoms with Crippen LogP contribution < -0.4 is 0 Å². The number of aliphatic hydroxyl groups excluding tert-OH is 19. The van der Waals surface area contributed by atoms with Gasteiger partial charge < -0.3 is 168 Å². The Morgan fingerprint density at radius 3 is 1.72 bits per heavy atom. The van der Waals surface area contributed by atoms with E-state index in [-0.39, 0.29) is 31.1 Å². The molecule has 4 saturated carbocycles. The topological polar surface area (TPSA) is 551 Å². The Hall–Kier alpha value is -2.11. The minimum Gasteiger partial charge on any atom is -0.432 e. The smallest absolute Gasteiger partial charge is 0.317 e. The van der Waals surface area contributed by atoms with Crippen molar-refractivity contribution in [2.24, 2.45) is 50.2 Å². The van der Waals surface area contributed by atoms with E-state index in [4.69, 9.17) is 66.3 Å². The number of ether oxygens (including phenoxy) is 14. The number of allylic oxidation sites excluding steroid dienone is 2. The molecular weight excluding hydrogens is 1380 g/mol. The van der Waals surface area contributed by atoms with Gasteiger partial charge in [-0.3, -0.25) is 4.79 Å². The van der Waals surface area contributed by atoms with Crippen LogP contribution in [0.15, 0.2) is 11.6 Å². The molecule has 0 spiro atoms. The minimum atomic E-state index is -2.26. The maximum Gasteiger partial charge on any atom is 0.317 e. The number of carbonyl (C=O) groups is 1. The van der Waals surface area contributed by atoms with E-state index in [1.807, 2.05) is 0 Å². The fourth-order valence-electron chi connectivity index (χ4n) is 20.0. The highest BCUT2D eigenvalue weighted by Crippen LogP contribution is 2.76. The number of esters is 1. The lowest BCUT2D eigenvalue weighted by Crippen LogP contribution is -2.71. The highest BCUT2D eigenvalue weighted by Gasteiger charge is 2.74. The second-order valence-corrected chi connectivity index (χ2v) is 33.1. The second kappa shape index (κ2) is 29.9. The average Bonchev–Trinajstić information content (AvgIpc) is 0.848. The molecule has 35 heteroatoms. The molecule has 7 heterocycles. The maximum absolute atomic E-state index is 15.8. The summed E-state index contributed by atoms with van der Waals surface area (Å²) < 4.78 is 83.6. The zero-order chi connectivity index (χ0) is 75.1. The summed E-state index contributed by atoms with van der Waals surface area (Å²) in [6.07, 6.45) is -49.2. The van der Waals surface area contributed by atoms with E-state index in [0.717, 1.165) is 5.57 Å². The first-order chi connectivity index (χ1) is 48.3. The Labute approximate surface area is 594 Å². The quantitative estimate of drug-likeness (QED) is 0.0366. The number of fused-ring (bicyclic) bond motifs is 7. The van der Waals surface area contributed by atoms with Crippen LogP contribution in [0.1, 0.15) is 107 Å². The molecule has 0 aromatic heterocycles. The van der Waals surface area contributed by atoms with Crippen LogP contribution in [0.5, 0.6) is 0 Å². The van der Waals surface area contributed by atoms with E-state index in [0.29, 0.717) is 32.1 Å². The summed E-state index contributed by atoms with van der Waals surface area (Å²) >= 11 is 0. The Balaban J connectivity index is 0.781. The lowest BCUT2D eigenvalue weighted by Gasteiger charge is -2.72. The van der Waals surface area contributed by atoms with Crippen molar-refractivity contribution in [1.29, 1.82) is 0 Å². The molecule has 7 saturated heterocycles. The van der Waals surface area contributed by atoms with Crippen molar-refractivity contribution in [2.45, 2.75) is 309 Å². The normalized spacial score (nSPS) is 55.9. The Kier molecular flexibility index (Phi) is 23.3. The highest BCUT2D eigenvalue weighted by molar-refractivity contribution is 5.80. The zero-order valence-electron chi connectivity index (χ0n) is 59.0. The van der Waals surface area contributed by atoms with Crippen LogP contribution in [0.25, 0.3) is 0 Å². The predicted molar refractivity (Wildman–Crippen MR) is 338 cm³/mol. The van der Waals surface area contributed by atoms with Gasteiger partial charge in [0.15, 0.2) is 43.8 Å².